The number of halogens is 1. The molecule has 0 aromatic carbocycles. The molecule has 0 saturated carbocycles. The van der Waals surface area contributed by atoms with Crippen molar-refractivity contribution in [3.63, 3.8) is 0 Å². The molecule has 3 N–H and O–H groups in total. The van der Waals surface area contributed by atoms with Gasteiger partial charge in [-0.3, -0.25) is 4.79 Å². The standard InChI is InChI=1S/C16H27ClN2O2/c1-6-14(15(20)19-16(3,4)5)8-7-12(2)21-11-13(9-17)10-18/h6-9,12H,10-11,18H2,1-5H3,(H,19,20)/b8-7-,13-9-,14-6+. The molecule has 1 amide bonds. The maximum absolute atomic E-state index is 12.0. The molecule has 0 rings (SSSR count). The molecule has 1 unspecified atom stereocenters. The third kappa shape index (κ3) is 9.45. The van der Waals surface area contributed by atoms with Gasteiger partial charge in [0.2, 0.25) is 0 Å². The van der Waals surface area contributed by atoms with Crippen LogP contribution in [0.1, 0.15) is 34.6 Å². The molecule has 0 aromatic rings. The average Bonchev–Trinajstić information content (AvgIpc) is 2.38. The number of hydrogen-bond donors (Lipinski definition) is 2. The lowest BCUT2D eigenvalue weighted by Gasteiger charge is -2.20. The zero-order chi connectivity index (χ0) is 16.5. The van der Waals surface area contributed by atoms with E-state index in [2.05, 4.69) is 5.32 Å². The number of amides is 1. The monoisotopic (exact) mass is 314 g/mol. The van der Waals surface area contributed by atoms with E-state index in [1.807, 2.05) is 40.7 Å². The second kappa shape index (κ2) is 9.77. The van der Waals surface area contributed by atoms with Crippen molar-refractivity contribution in [3.05, 3.63) is 34.9 Å². The Labute approximate surface area is 133 Å². The number of allylic oxidation sites excluding steroid dienone is 1. The van der Waals surface area contributed by atoms with Crippen LogP contribution in [0.2, 0.25) is 0 Å². The molecule has 0 aliphatic rings. The van der Waals surface area contributed by atoms with Gasteiger partial charge >= 0.3 is 0 Å². The summed E-state index contributed by atoms with van der Waals surface area (Å²) in [5, 5.41) is 2.92. The van der Waals surface area contributed by atoms with Crippen molar-refractivity contribution < 1.29 is 9.53 Å². The van der Waals surface area contributed by atoms with E-state index in [9.17, 15) is 4.79 Å². The predicted molar refractivity (Wildman–Crippen MR) is 89.2 cm³/mol. The van der Waals surface area contributed by atoms with Gasteiger partial charge in [0.15, 0.2) is 0 Å². The summed E-state index contributed by atoms with van der Waals surface area (Å²) in [6.07, 6.45) is 5.23. The maximum Gasteiger partial charge on any atom is 0.251 e. The quantitative estimate of drug-likeness (QED) is 0.561. The number of ether oxygens (including phenoxy) is 1. The number of carbonyl (C=O) groups is 1. The van der Waals surface area contributed by atoms with Crippen LogP contribution in [0.25, 0.3) is 0 Å². The Bertz CT molecular complexity index is 420. The fraction of sp³-hybridized carbons (Fsp3) is 0.562. The lowest BCUT2D eigenvalue weighted by atomic mass is 10.1. The maximum atomic E-state index is 12.0. The Morgan fingerprint density at radius 2 is 2.05 bits per heavy atom. The van der Waals surface area contributed by atoms with E-state index in [0.717, 1.165) is 5.57 Å². The Kier molecular flexibility index (Phi) is 9.26. The zero-order valence-corrected chi connectivity index (χ0v) is 14.3. The third-order valence-electron chi connectivity index (χ3n) is 2.56. The van der Waals surface area contributed by atoms with Crippen molar-refractivity contribution in [3.8, 4) is 0 Å². The second-order valence-electron chi connectivity index (χ2n) is 5.79. The van der Waals surface area contributed by atoms with Gasteiger partial charge < -0.3 is 15.8 Å². The zero-order valence-electron chi connectivity index (χ0n) is 13.6. The lowest BCUT2D eigenvalue weighted by molar-refractivity contribution is -0.118. The van der Waals surface area contributed by atoms with Crippen molar-refractivity contribution >= 4 is 17.5 Å². The van der Waals surface area contributed by atoms with Crippen molar-refractivity contribution in [2.24, 2.45) is 5.73 Å². The fourth-order valence-corrected chi connectivity index (χ4v) is 1.54. The lowest BCUT2D eigenvalue weighted by Crippen LogP contribution is -2.41. The number of nitrogens with two attached hydrogens (primary N) is 1. The summed E-state index contributed by atoms with van der Waals surface area (Å²) in [5.41, 5.74) is 8.10. The molecule has 0 spiro atoms. The Balaban J connectivity index is 4.52. The van der Waals surface area contributed by atoms with Crippen molar-refractivity contribution in [2.45, 2.75) is 46.3 Å². The first-order valence-corrected chi connectivity index (χ1v) is 7.44. The highest BCUT2D eigenvalue weighted by Gasteiger charge is 2.15. The van der Waals surface area contributed by atoms with E-state index in [4.69, 9.17) is 22.1 Å². The molecule has 0 aromatic heterocycles. The molecule has 0 bridgehead atoms. The van der Waals surface area contributed by atoms with Gasteiger partial charge in [-0.1, -0.05) is 29.8 Å². The van der Waals surface area contributed by atoms with Crippen LogP contribution in [0, 0.1) is 0 Å². The molecule has 0 aliphatic carbocycles. The topological polar surface area (TPSA) is 64.3 Å². The molecular weight excluding hydrogens is 288 g/mol. The van der Waals surface area contributed by atoms with Crippen molar-refractivity contribution in [2.75, 3.05) is 13.2 Å². The summed E-state index contributed by atoms with van der Waals surface area (Å²) in [5.74, 6) is -0.100. The summed E-state index contributed by atoms with van der Waals surface area (Å²) in [4.78, 5) is 12.0. The third-order valence-corrected chi connectivity index (χ3v) is 2.87. The minimum absolute atomic E-state index is 0.100. The van der Waals surface area contributed by atoms with Gasteiger partial charge in [0.05, 0.1) is 12.7 Å². The molecule has 0 radical (unpaired) electrons. The van der Waals surface area contributed by atoms with Crippen LogP contribution in [0.4, 0.5) is 0 Å². The molecule has 0 aliphatic heterocycles. The fourth-order valence-electron chi connectivity index (χ4n) is 1.38. The van der Waals surface area contributed by atoms with Crippen LogP contribution in [-0.2, 0) is 9.53 Å². The minimum atomic E-state index is -0.261. The van der Waals surface area contributed by atoms with Gasteiger partial charge in [-0.05, 0) is 40.2 Å². The highest BCUT2D eigenvalue weighted by molar-refractivity contribution is 6.25. The van der Waals surface area contributed by atoms with Crippen LogP contribution < -0.4 is 11.1 Å². The number of hydrogen-bond acceptors (Lipinski definition) is 3. The van der Waals surface area contributed by atoms with E-state index >= 15 is 0 Å². The molecule has 0 heterocycles. The largest absolute Gasteiger partial charge is 0.370 e. The summed E-state index contributed by atoms with van der Waals surface area (Å²) in [6.45, 7) is 10.3. The van der Waals surface area contributed by atoms with Gasteiger partial charge in [-0.2, -0.15) is 0 Å². The van der Waals surface area contributed by atoms with E-state index in [0.29, 0.717) is 18.7 Å². The first-order valence-electron chi connectivity index (χ1n) is 7.00. The van der Waals surface area contributed by atoms with E-state index in [1.54, 1.807) is 12.2 Å². The summed E-state index contributed by atoms with van der Waals surface area (Å²) in [6, 6.07) is 0. The van der Waals surface area contributed by atoms with Crippen LogP contribution >= 0.6 is 11.6 Å². The first-order chi connectivity index (χ1) is 9.73. The van der Waals surface area contributed by atoms with Crippen molar-refractivity contribution in [1.29, 1.82) is 0 Å². The van der Waals surface area contributed by atoms with Crippen LogP contribution in [0.3, 0.4) is 0 Å². The molecule has 0 saturated heterocycles. The van der Waals surface area contributed by atoms with E-state index in [-0.39, 0.29) is 17.6 Å². The van der Waals surface area contributed by atoms with Crippen molar-refractivity contribution in [1.82, 2.24) is 5.32 Å². The smallest absolute Gasteiger partial charge is 0.251 e. The van der Waals surface area contributed by atoms with Crippen LogP contribution in [-0.4, -0.2) is 30.7 Å². The van der Waals surface area contributed by atoms with Crippen LogP contribution in [0.5, 0.6) is 0 Å². The Morgan fingerprint density at radius 3 is 2.48 bits per heavy atom. The first kappa shape index (κ1) is 19.9. The molecule has 4 nitrogen and oxygen atoms in total. The number of nitrogens with one attached hydrogen (secondary N) is 1. The Morgan fingerprint density at radius 1 is 1.43 bits per heavy atom. The van der Waals surface area contributed by atoms with Gasteiger partial charge in [0.25, 0.3) is 5.91 Å². The van der Waals surface area contributed by atoms with Gasteiger partial charge in [-0.15, -0.1) is 0 Å². The number of rotatable bonds is 7. The summed E-state index contributed by atoms with van der Waals surface area (Å²) >= 11 is 5.60. The normalized spacial score (nSPS) is 15.4. The number of carbonyl (C=O) groups excluding carboxylic acids is 1. The predicted octanol–water partition coefficient (Wildman–Crippen LogP) is 2.89. The SMILES string of the molecule is C/C=C(\C=C/C(C)OC/C(=C\Cl)CN)C(=O)NC(C)(C)C. The molecule has 21 heavy (non-hydrogen) atoms. The summed E-state index contributed by atoms with van der Waals surface area (Å²) < 4.78 is 5.58. The minimum Gasteiger partial charge on any atom is -0.370 e. The van der Waals surface area contributed by atoms with E-state index < -0.39 is 0 Å². The van der Waals surface area contributed by atoms with E-state index in [1.165, 1.54) is 5.54 Å². The molecular formula is C16H27ClN2O2. The van der Waals surface area contributed by atoms with Gasteiger partial charge in [0, 0.05) is 23.2 Å². The molecule has 120 valence electrons. The Hall–Kier alpha value is -1.10. The second-order valence-corrected chi connectivity index (χ2v) is 6.01. The highest BCUT2D eigenvalue weighted by Crippen LogP contribution is 2.06. The van der Waals surface area contributed by atoms with Gasteiger partial charge in [-0.25, -0.2) is 0 Å². The highest BCUT2D eigenvalue weighted by atomic mass is 35.5. The summed E-state index contributed by atoms with van der Waals surface area (Å²) in [7, 11) is 0. The molecule has 5 heteroatoms. The average molecular weight is 315 g/mol. The van der Waals surface area contributed by atoms with Gasteiger partial charge in [0.1, 0.15) is 0 Å². The molecule has 1 atom stereocenters. The molecule has 0 fully saturated rings. The van der Waals surface area contributed by atoms with Crippen LogP contribution in [0.15, 0.2) is 34.9 Å².